The predicted molar refractivity (Wildman–Crippen MR) is 266 cm³/mol. The van der Waals surface area contributed by atoms with Gasteiger partial charge in [0.2, 0.25) is 0 Å². The summed E-state index contributed by atoms with van der Waals surface area (Å²) in [5, 5.41) is 7.49. The lowest BCUT2D eigenvalue weighted by Crippen LogP contribution is -1.96. The average Bonchev–Trinajstić information content (AvgIpc) is 3.99. The summed E-state index contributed by atoms with van der Waals surface area (Å²) in [4.78, 5) is 0. The van der Waals surface area contributed by atoms with Gasteiger partial charge < -0.3 is 13.7 Å². The summed E-state index contributed by atoms with van der Waals surface area (Å²) >= 11 is 0. The monoisotopic (exact) mass is 801 g/mol. The lowest BCUT2D eigenvalue weighted by Gasteiger charge is -2.13. The Morgan fingerprint density at radius 2 is 0.603 bits per heavy atom. The Kier molecular flexibility index (Phi) is 7.91. The Hall–Kier alpha value is -8.40. The van der Waals surface area contributed by atoms with E-state index in [9.17, 15) is 0 Å². The molecule has 0 saturated heterocycles. The molecule has 0 bridgehead atoms. The molecule has 0 amide bonds. The highest BCUT2D eigenvalue weighted by atomic mass is 15.0. The number of benzene rings is 10. The number of rotatable bonds is 6. The van der Waals surface area contributed by atoms with Crippen LogP contribution < -0.4 is 0 Å². The summed E-state index contributed by atoms with van der Waals surface area (Å²) in [5.41, 5.74) is 17.8. The van der Waals surface area contributed by atoms with E-state index in [2.05, 4.69) is 250 Å². The zero-order valence-electron chi connectivity index (χ0n) is 34.4. The van der Waals surface area contributed by atoms with Crippen molar-refractivity contribution in [1.29, 1.82) is 0 Å². The van der Waals surface area contributed by atoms with Crippen LogP contribution in [0.1, 0.15) is 0 Å². The van der Waals surface area contributed by atoms with Gasteiger partial charge in [-0.25, -0.2) is 0 Å². The quantitative estimate of drug-likeness (QED) is 0.159. The van der Waals surface area contributed by atoms with Gasteiger partial charge in [0.05, 0.1) is 33.1 Å². The van der Waals surface area contributed by atoms with Gasteiger partial charge >= 0.3 is 0 Å². The van der Waals surface area contributed by atoms with Crippen molar-refractivity contribution in [1.82, 2.24) is 13.7 Å². The Balaban J connectivity index is 1.03. The Labute approximate surface area is 364 Å². The second-order valence-electron chi connectivity index (χ2n) is 16.5. The molecule has 0 fully saturated rings. The minimum atomic E-state index is 1.15. The molecule has 0 aliphatic heterocycles. The second-order valence-corrected chi connectivity index (χ2v) is 16.5. The van der Waals surface area contributed by atoms with Gasteiger partial charge in [-0.15, -0.1) is 0 Å². The number of hydrogen-bond acceptors (Lipinski definition) is 0. The topological polar surface area (TPSA) is 14.8 Å². The first-order chi connectivity index (χ1) is 31.3. The molecular formula is C60H39N3. The third-order valence-electron chi connectivity index (χ3n) is 13.0. The highest BCUT2D eigenvalue weighted by Crippen LogP contribution is 2.47. The van der Waals surface area contributed by atoms with Crippen molar-refractivity contribution in [2.45, 2.75) is 0 Å². The molecule has 3 heteroatoms. The molecule has 13 aromatic rings. The summed E-state index contributed by atoms with van der Waals surface area (Å²) in [7, 11) is 0. The van der Waals surface area contributed by atoms with Crippen LogP contribution in [-0.4, -0.2) is 13.7 Å². The number of fused-ring (bicyclic) bond motifs is 9. The standard InChI is InChI=1S/C60H39N3/c1-4-17-40(18-5-1)43-19-16-24-47(37-43)63-52-28-13-10-25-48(52)51-38-44(35-36-55(51)63)41-31-33-42(34-32-41)58-59-49-26-11-14-29-53(49)61(45-20-6-2-7-21-45)56(59)39-57-60(58)50-27-12-15-30-54(50)62(57)46-22-8-3-9-23-46/h1-39H. The van der Waals surface area contributed by atoms with Crippen LogP contribution in [0.3, 0.4) is 0 Å². The van der Waals surface area contributed by atoms with E-state index in [0.29, 0.717) is 0 Å². The molecule has 0 aliphatic carbocycles. The van der Waals surface area contributed by atoms with Gasteiger partial charge in [-0.1, -0.05) is 164 Å². The van der Waals surface area contributed by atoms with Gasteiger partial charge in [-0.2, -0.15) is 0 Å². The van der Waals surface area contributed by atoms with Gasteiger partial charge in [-0.3, -0.25) is 0 Å². The molecular weight excluding hydrogens is 763 g/mol. The zero-order chi connectivity index (χ0) is 41.4. The highest BCUT2D eigenvalue weighted by Gasteiger charge is 2.24. The first-order valence-electron chi connectivity index (χ1n) is 21.7. The predicted octanol–water partition coefficient (Wildman–Crippen LogP) is 16.0. The first kappa shape index (κ1) is 35.4. The molecule has 3 nitrogen and oxygen atoms in total. The number of para-hydroxylation sites is 5. The smallest absolute Gasteiger partial charge is 0.0568 e. The van der Waals surface area contributed by atoms with E-state index in [4.69, 9.17) is 0 Å². The molecule has 0 atom stereocenters. The third kappa shape index (κ3) is 5.46. The van der Waals surface area contributed by atoms with E-state index in [-0.39, 0.29) is 0 Å². The maximum Gasteiger partial charge on any atom is 0.0568 e. The van der Waals surface area contributed by atoms with Crippen LogP contribution in [0.15, 0.2) is 237 Å². The minimum Gasteiger partial charge on any atom is -0.309 e. The van der Waals surface area contributed by atoms with E-state index < -0.39 is 0 Å². The maximum absolute atomic E-state index is 2.44. The fourth-order valence-electron chi connectivity index (χ4n) is 10.3. The van der Waals surface area contributed by atoms with Gasteiger partial charge in [-0.05, 0) is 101 Å². The van der Waals surface area contributed by atoms with E-state index >= 15 is 0 Å². The van der Waals surface area contributed by atoms with Crippen molar-refractivity contribution in [3.05, 3.63) is 237 Å². The van der Waals surface area contributed by atoms with Crippen LogP contribution in [0.2, 0.25) is 0 Å². The summed E-state index contributed by atoms with van der Waals surface area (Å²) in [6, 6.07) is 86.4. The molecule has 0 aliphatic rings. The molecule has 294 valence electrons. The van der Waals surface area contributed by atoms with Gasteiger partial charge in [0.15, 0.2) is 0 Å². The largest absolute Gasteiger partial charge is 0.309 e. The summed E-state index contributed by atoms with van der Waals surface area (Å²) in [6.45, 7) is 0. The molecule has 0 unspecified atom stereocenters. The van der Waals surface area contributed by atoms with Crippen molar-refractivity contribution >= 4 is 65.4 Å². The van der Waals surface area contributed by atoms with Gasteiger partial charge in [0, 0.05) is 54.9 Å². The minimum absolute atomic E-state index is 1.15. The molecule has 0 radical (unpaired) electrons. The Bertz CT molecular complexity index is 3740. The third-order valence-corrected chi connectivity index (χ3v) is 13.0. The van der Waals surface area contributed by atoms with Crippen LogP contribution in [-0.2, 0) is 0 Å². The van der Waals surface area contributed by atoms with E-state index in [1.165, 1.54) is 98.8 Å². The van der Waals surface area contributed by atoms with Crippen molar-refractivity contribution in [2.75, 3.05) is 0 Å². The van der Waals surface area contributed by atoms with E-state index in [1.807, 2.05) is 0 Å². The van der Waals surface area contributed by atoms with Crippen molar-refractivity contribution in [2.24, 2.45) is 0 Å². The van der Waals surface area contributed by atoms with Crippen LogP contribution in [0.25, 0.3) is 116 Å². The number of nitrogens with zero attached hydrogens (tertiary/aromatic N) is 3. The van der Waals surface area contributed by atoms with Crippen LogP contribution in [0, 0.1) is 0 Å². The summed E-state index contributed by atoms with van der Waals surface area (Å²) in [6.07, 6.45) is 0. The fourth-order valence-corrected chi connectivity index (χ4v) is 10.3. The SMILES string of the molecule is c1ccc(-c2cccc(-n3c4ccccc4c4cc(-c5ccc(-c6c7c8ccccc8n(-c8ccccc8)c7cc7c6c6ccccc6n7-c6ccccc6)cc5)ccc43)c2)cc1. The molecule has 0 spiro atoms. The Morgan fingerprint density at radius 1 is 0.206 bits per heavy atom. The highest BCUT2D eigenvalue weighted by molar-refractivity contribution is 6.28. The molecule has 3 aromatic heterocycles. The second kappa shape index (κ2) is 14.1. The van der Waals surface area contributed by atoms with Gasteiger partial charge in [0.1, 0.15) is 0 Å². The van der Waals surface area contributed by atoms with E-state index in [0.717, 1.165) is 17.1 Å². The zero-order valence-corrected chi connectivity index (χ0v) is 34.4. The normalized spacial score (nSPS) is 11.8. The molecule has 0 N–H and O–H groups in total. The van der Waals surface area contributed by atoms with Crippen molar-refractivity contribution in [3.63, 3.8) is 0 Å². The Morgan fingerprint density at radius 3 is 1.21 bits per heavy atom. The number of hydrogen-bond donors (Lipinski definition) is 0. The van der Waals surface area contributed by atoms with Crippen molar-refractivity contribution < 1.29 is 0 Å². The summed E-state index contributed by atoms with van der Waals surface area (Å²) in [5.74, 6) is 0. The van der Waals surface area contributed by atoms with Crippen molar-refractivity contribution in [3.8, 4) is 50.4 Å². The van der Waals surface area contributed by atoms with Crippen LogP contribution in [0.4, 0.5) is 0 Å². The molecule has 0 saturated carbocycles. The first-order valence-corrected chi connectivity index (χ1v) is 21.7. The fraction of sp³-hybridized carbons (Fsp3) is 0. The lowest BCUT2D eigenvalue weighted by atomic mass is 9.92. The molecule has 63 heavy (non-hydrogen) atoms. The van der Waals surface area contributed by atoms with Gasteiger partial charge in [0.25, 0.3) is 0 Å². The van der Waals surface area contributed by atoms with Crippen LogP contribution >= 0.6 is 0 Å². The lowest BCUT2D eigenvalue weighted by molar-refractivity contribution is 1.16. The molecule has 3 heterocycles. The summed E-state index contributed by atoms with van der Waals surface area (Å²) < 4.78 is 7.30. The number of aromatic nitrogens is 3. The molecule has 13 rings (SSSR count). The average molecular weight is 802 g/mol. The van der Waals surface area contributed by atoms with E-state index in [1.54, 1.807) is 0 Å². The van der Waals surface area contributed by atoms with Crippen LogP contribution in [0.5, 0.6) is 0 Å². The maximum atomic E-state index is 2.44. The molecule has 10 aromatic carbocycles.